The lowest BCUT2D eigenvalue weighted by molar-refractivity contribution is -0.140. The summed E-state index contributed by atoms with van der Waals surface area (Å²) in [5.41, 5.74) is 3.27. The number of benzene rings is 2. The molecule has 0 radical (unpaired) electrons. The van der Waals surface area contributed by atoms with Crippen LogP contribution in [-0.2, 0) is 28.0 Å². The van der Waals surface area contributed by atoms with Gasteiger partial charge in [0.1, 0.15) is 6.04 Å². The van der Waals surface area contributed by atoms with Crippen molar-refractivity contribution in [2.45, 2.75) is 58.5 Å². The molecular weight excluding hydrogens is 419 g/mol. The first-order valence-electron chi connectivity index (χ1n) is 10.1. The molecule has 2 rings (SSSR count). The number of rotatable bonds is 7. The van der Waals surface area contributed by atoms with Gasteiger partial charge in [-0.3, -0.25) is 9.59 Å². The summed E-state index contributed by atoms with van der Waals surface area (Å²) in [5, 5.41) is 3.50. The highest BCUT2D eigenvalue weighted by Gasteiger charge is 2.25. The zero-order valence-electron chi connectivity index (χ0n) is 18.3. The van der Waals surface area contributed by atoms with Gasteiger partial charge in [-0.15, -0.1) is 0 Å². The van der Waals surface area contributed by atoms with Crippen molar-refractivity contribution in [2.75, 3.05) is 7.05 Å². The normalized spacial score (nSPS) is 12.4. The lowest BCUT2D eigenvalue weighted by atomic mass is 9.86. The Balaban J connectivity index is 2.13. The lowest BCUT2D eigenvalue weighted by Crippen LogP contribution is -2.46. The maximum Gasteiger partial charge on any atom is 0.242 e. The highest BCUT2D eigenvalue weighted by atomic mass is 35.5. The molecule has 6 heteroatoms. The molecule has 0 fully saturated rings. The van der Waals surface area contributed by atoms with Crippen LogP contribution in [0.1, 0.15) is 50.8 Å². The van der Waals surface area contributed by atoms with E-state index in [9.17, 15) is 9.59 Å². The Kier molecular flexibility index (Phi) is 8.34. The molecule has 0 heterocycles. The molecule has 1 unspecified atom stereocenters. The van der Waals surface area contributed by atoms with Crippen LogP contribution in [-0.4, -0.2) is 29.8 Å². The molecule has 0 saturated heterocycles. The van der Waals surface area contributed by atoms with Gasteiger partial charge in [0, 0.05) is 20.0 Å². The van der Waals surface area contributed by atoms with Crippen molar-refractivity contribution in [3.8, 4) is 0 Å². The van der Waals surface area contributed by atoms with Crippen LogP contribution >= 0.6 is 23.2 Å². The smallest absolute Gasteiger partial charge is 0.242 e. The zero-order valence-corrected chi connectivity index (χ0v) is 19.8. The van der Waals surface area contributed by atoms with E-state index in [-0.39, 0.29) is 23.8 Å². The van der Waals surface area contributed by atoms with Gasteiger partial charge in [-0.2, -0.15) is 0 Å². The van der Waals surface area contributed by atoms with E-state index in [0.717, 1.165) is 11.1 Å². The number of nitrogens with one attached hydrogen (secondary N) is 1. The number of carbonyl (C=O) groups excluding carboxylic acids is 2. The quantitative estimate of drug-likeness (QED) is 0.617. The van der Waals surface area contributed by atoms with Crippen molar-refractivity contribution >= 4 is 35.0 Å². The van der Waals surface area contributed by atoms with Gasteiger partial charge in [0.2, 0.25) is 11.8 Å². The van der Waals surface area contributed by atoms with Crippen LogP contribution in [0.2, 0.25) is 10.0 Å². The van der Waals surface area contributed by atoms with Crippen molar-refractivity contribution in [3.05, 3.63) is 69.2 Å². The van der Waals surface area contributed by atoms with Gasteiger partial charge in [0.25, 0.3) is 0 Å². The number of nitrogens with zero attached hydrogens (tertiary/aromatic N) is 1. The first-order chi connectivity index (χ1) is 14.0. The highest BCUT2D eigenvalue weighted by molar-refractivity contribution is 6.42. The van der Waals surface area contributed by atoms with Crippen molar-refractivity contribution in [3.63, 3.8) is 0 Å². The van der Waals surface area contributed by atoms with Crippen LogP contribution in [0, 0.1) is 0 Å². The molecule has 0 spiro atoms. The molecule has 1 atom stereocenters. The predicted octanol–water partition coefficient (Wildman–Crippen LogP) is 5.39. The number of amides is 2. The molecule has 30 heavy (non-hydrogen) atoms. The van der Waals surface area contributed by atoms with Gasteiger partial charge in [0.05, 0.1) is 10.0 Å². The van der Waals surface area contributed by atoms with Crippen molar-refractivity contribution in [1.82, 2.24) is 10.2 Å². The third kappa shape index (κ3) is 6.48. The molecule has 0 aromatic heterocycles. The Morgan fingerprint density at radius 2 is 1.60 bits per heavy atom. The second-order valence-corrected chi connectivity index (χ2v) is 9.32. The molecule has 4 nitrogen and oxygen atoms in total. The van der Waals surface area contributed by atoms with E-state index >= 15 is 0 Å². The maximum absolute atomic E-state index is 13.0. The molecule has 0 aliphatic carbocycles. The summed E-state index contributed by atoms with van der Waals surface area (Å²) in [4.78, 5) is 26.9. The Morgan fingerprint density at radius 3 is 2.13 bits per heavy atom. The lowest BCUT2D eigenvalue weighted by Gasteiger charge is -2.28. The second-order valence-electron chi connectivity index (χ2n) is 8.51. The summed E-state index contributed by atoms with van der Waals surface area (Å²) in [6.45, 7) is 8.53. The van der Waals surface area contributed by atoms with Crippen LogP contribution in [0.5, 0.6) is 0 Å². The number of halogens is 2. The van der Waals surface area contributed by atoms with Gasteiger partial charge in [-0.25, -0.2) is 0 Å². The molecule has 2 aromatic rings. The number of hydrogen-bond acceptors (Lipinski definition) is 2. The van der Waals surface area contributed by atoms with Crippen molar-refractivity contribution in [1.29, 1.82) is 0 Å². The fourth-order valence-electron chi connectivity index (χ4n) is 3.19. The first kappa shape index (κ1) is 24.2. The van der Waals surface area contributed by atoms with E-state index < -0.39 is 6.04 Å². The minimum atomic E-state index is -0.597. The summed E-state index contributed by atoms with van der Waals surface area (Å²) >= 11 is 12.1. The summed E-state index contributed by atoms with van der Waals surface area (Å²) < 4.78 is 0. The predicted molar refractivity (Wildman–Crippen MR) is 124 cm³/mol. The second kappa shape index (κ2) is 10.3. The zero-order chi connectivity index (χ0) is 22.5. The Hall–Kier alpha value is -2.04. The van der Waals surface area contributed by atoms with Crippen molar-refractivity contribution < 1.29 is 9.59 Å². The molecular formula is C24H30Cl2N2O2. The van der Waals surface area contributed by atoms with Gasteiger partial charge in [-0.1, -0.05) is 74.3 Å². The van der Waals surface area contributed by atoms with E-state index in [2.05, 4.69) is 50.4 Å². The van der Waals surface area contributed by atoms with Crippen LogP contribution in [0.15, 0.2) is 42.5 Å². The average Bonchev–Trinajstić information content (AvgIpc) is 2.71. The van der Waals surface area contributed by atoms with E-state index in [1.807, 2.05) is 6.07 Å². The Bertz CT molecular complexity index is 889. The first-order valence-corrected chi connectivity index (χ1v) is 10.8. The Labute approximate surface area is 189 Å². The fraction of sp³-hybridized carbons (Fsp3) is 0.417. The van der Waals surface area contributed by atoms with Gasteiger partial charge >= 0.3 is 0 Å². The SMILES string of the molecule is CNC(=O)C(C)N(Cc1ccc(Cl)c(Cl)c1)C(=O)CCc1ccc(C(C)(C)C)cc1. The van der Waals surface area contributed by atoms with Gasteiger partial charge in [-0.05, 0) is 47.6 Å². The summed E-state index contributed by atoms with van der Waals surface area (Å²) in [7, 11) is 1.57. The van der Waals surface area contributed by atoms with E-state index in [0.29, 0.717) is 22.9 Å². The third-order valence-corrected chi connectivity index (χ3v) is 5.94. The molecule has 162 valence electrons. The third-order valence-electron chi connectivity index (χ3n) is 5.20. The van der Waals surface area contributed by atoms with Crippen molar-refractivity contribution in [2.24, 2.45) is 0 Å². The molecule has 0 saturated carbocycles. The van der Waals surface area contributed by atoms with E-state index in [4.69, 9.17) is 23.2 Å². The molecule has 0 aliphatic rings. The standard InChI is InChI=1S/C24H30Cl2N2O2/c1-16(23(30)27-5)28(15-18-8-12-20(25)21(26)14-18)22(29)13-9-17-6-10-19(11-7-17)24(2,3)4/h6-8,10-12,14,16H,9,13,15H2,1-5H3,(H,27,30). The molecule has 0 bridgehead atoms. The molecule has 1 N–H and O–H groups in total. The van der Waals surface area contributed by atoms with Crippen LogP contribution in [0.4, 0.5) is 0 Å². The maximum atomic E-state index is 13.0. The topological polar surface area (TPSA) is 49.4 Å². The van der Waals surface area contributed by atoms with Crippen LogP contribution in [0.3, 0.4) is 0 Å². The fourth-order valence-corrected chi connectivity index (χ4v) is 3.51. The van der Waals surface area contributed by atoms with Gasteiger partial charge < -0.3 is 10.2 Å². The van der Waals surface area contributed by atoms with E-state index in [1.165, 1.54) is 5.56 Å². The summed E-state index contributed by atoms with van der Waals surface area (Å²) in [6.07, 6.45) is 0.930. The minimum absolute atomic E-state index is 0.0860. The highest BCUT2D eigenvalue weighted by Crippen LogP contribution is 2.25. The van der Waals surface area contributed by atoms with Crippen LogP contribution in [0.25, 0.3) is 0 Å². The largest absolute Gasteiger partial charge is 0.357 e. The van der Waals surface area contributed by atoms with Crippen LogP contribution < -0.4 is 5.32 Å². The number of aryl methyl sites for hydroxylation is 1. The number of hydrogen-bond donors (Lipinski definition) is 1. The molecule has 0 aliphatic heterocycles. The average molecular weight is 449 g/mol. The summed E-state index contributed by atoms with van der Waals surface area (Å²) in [5.74, 6) is -0.296. The summed E-state index contributed by atoms with van der Waals surface area (Å²) in [6, 6.07) is 13.0. The number of likely N-dealkylation sites (N-methyl/N-ethyl adjacent to an activating group) is 1. The van der Waals surface area contributed by atoms with E-state index in [1.54, 1.807) is 31.0 Å². The molecule has 2 aromatic carbocycles. The Morgan fingerprint density at radius 1 is 1.00 bits per heavy atom. The van der Waals surface area contributed by atoms with Gasteiger partial charge in [0.15, 0.2) is 0 Å². The minimum Gasteiger partial charge on any atom is -0.357 e. The number of carbonyl (C=O) groups is 2. The monoisotopic (exact) mass is 448 g/mol. The molecule has 2 amide bonds.